The number of esters is 3. The van der Waals surface area contributed by atoms with Crippen molar-refractivity contribution in [2.75, 3.05) is 13.2 Å². The van der Waals surface area contributed by atoms with Crippen LogP contribution in [0, 0.1) is 0 Å². The molecule has 0 spiro atoms. The maximum atomic E-state index is 12.9. The van der Waals surface area contributed by atoms with E-state index in [-0.39, 0.29) is 31.1 Å². The van der Waals surface area contributed by atoms with Crippen LogP contribution in [0.3, 0.4) is 0 Å². The van der Waals surface area contributed by atoms with Crippen LogP contribution in [-0.4, -0.2) is 37.2 Å². The fourth-order valence-corrected chi connectivity index (χ4v) is 9.76. The zero-order valence-electron chi connectivity index (χ0n) is 50.3. The molecule has 0 saturated heterocycles. The van der Waals surface area contributed by atoms with E-state index < -0.39 is 6.10 Å². The summed E-state index contributed by atoms with van der Waals surface area (Å²) in [5.74, 6) is -0.873. The summed E-state index contributed by atoms with van der Waals surface area (Å²) in [4.78, 5) is 38.4. The molecule has 0 aliphatic heterocycles. The van der Waals surface area contributed by atoms with Gasteiger partial charge in [0, 0.05) is 19.3 Å². The van der Waals surface area contributed by atoms with Crippen molar-refractivity contribution in [1.29, 1.82) is 0 Å². The van der Waals surface area contributed by atoms with Crippen molar-refractivity contribution in [1.82, 2.24) is 0 Å². The van der Waals surface area contributed by atoms with E-state index in [4.69, 9.17) is 14.2 Å². The molecule has 1 atom stereocenters. The molecule has 0 aromatic carbocycles. The van der Waals surface area contributed by atoms with E-state index in [1.165, 1.54) is 238 Å². The summed E-state index contributed by atoms with van der Waals surface area (Å²) in [6.07, 6.45) is 79.8. The summed E-state index contributed by atoms with van der Waals surface area (Å²) >= 11 is 0. The predicted molar refractivity (Wildman–Crippen MR) is 325 cm³/mol. The second kappa shape index (κ2) is 63.9. The first kappa shape index (κ1) is 72.4. The third-order valence-electron chi connectivity index (χ3n) is 14.8. The Hall–Kier alpha value is -2.63. The van der Waals surface area contributed by atoms with Crippen LogP contribution in [0.2, 0.25) is 0 Å². The second-order valence-electron chi connectivity index (χ2n) is 22.4. The Morgan fingerprint density at radius 1 is 0.267 bits per heavy atom. The molecular weight excluding hydrogens is 925 g/mol. The molecule has 6 nitrogen and oxygen atoms in total. The molecular formula is C69H126O6. The van der Waals surface area contributed by atoms with Crippen molar-refractivity contribution >= 4 is 17.9 Å². The third kappa shape index (κ3) is 62.1. The monoisotopic (exact) mass is 1050 g/mol. The fourth-order valence-electron chi connectivity index (χ4n) is 9.76. The maximum absolute atomic E-state index is 12.9. The summed E-state index contributed by atoms with van der Waals surface area (Å²) in [6.45, 7) is 6.65. The predicted octanol–water partition coefficient (Wildman–Crippen LogP) is 22.6. The average Bonchev–Trinajstić information content (AvgIpc) is 3.41. The smallest absolute Gasteiger partial charge is 0.306 e. The molecule has 75 heavy (non-hydrogen) atoms. The molecule has 0 radical (unpaired) electrons. The van der Waals surface area contributed by atoms with Gasteiger partial charge in [0.25, 0.3) is 0 Å². The number of hydrogen-bond acceptors (Lipinski definition) is 6. The van der Waals surface area contributed by atoms with Gasteiger partial charge >= 0.3 is 17.9 Å². The molecule has 0 aromatic heterocycles. The minimum atomic E-state index is -0.781. The van der Waals surface area contributed by atoms with E-state index >= 15 is 0 Å². The second-order valence-corrected chi connectivity index (χ2v) is 22.4. The minimum absolute atomic E-state index is 0.0763. The van der Waals surface area contributed by atoms with Crippen LogP contribution < -0.4 is 0 Å². The van der Waals surface area contributed by atoms with Crippen molar-refractivity contribution in [3.05, 3.63) is 48.6 Å². The number of allylic oxidation sites excluding steroid dienone is 8. The molecule has 0 amide bonds. The van der Waals surface area contributed by atoms with E-state index in [2.05, 4.69) is 69.4 Å². The van der Waals surface area contributed by atoms with Crippen molar-refractivity contribution in [2.24, 2.45) is 0 Å². The van der Waals surface area contributed by atoms with Crippen LogP contribution in [0.25, 0.3) is 0 Å². The molecule has 0 heterocycles. The zero-order chi connectivity index (χ0) is 54.3. The topological polar surface area (TPSA) is 78.9 Å². The summed E-state index contributed by atoms with van der Waals surface area (Å²) in [5.41, 5.74) is 0. The maximum Gasteiger partial charge on any atom is 0.306 e. The Balaban J connectivity index is 4.32. The van der Waals surface area contributed by atoms with Gasteiger partial charge in [-0.25, -0.2) is 0 Å². The number of ether oxygens (including phenoxy) is 3. The number of carbonyl (C=O) groups excluding carboxylic acids is 3. The Morgan fingerprint density at radius 3 is 0.773 bits per heavy atom. The third-order valence-corrected chi connectivity index (χ3v) is 14.8. The standard InChI is InChI=1S/C69H126O6/c1-4-7-10-13-16-19-22-25-28-30-32-33-34-35-37-38-41-44-47-50-53-56-59-62-68(71)74-65-66(64-73-67(70)61-58-55-52-49-46-43-40-27-24-21-18-15-12-9-6-3)75-69(72)63-60-57-54-51-48-45-42-39-36-31-29-26-23-20-17-14-11-8-5-2/h18,21,26-27,29-30,32,40,66H,4-17,19-20,22-25,28,31,33-39,41-65H2,1-3H3/b21-18-,29-26-,32-30-,40-27-. The normalized spacial score (nSPS) is 12.3. The first-order chi connectivity index (χ1) is 37.0. The van der Waals surface area contributed by atoms with Gasteiger partial charge < -0.3 is 14.2 Å². The lowest BCUT2D eigenvalue weighted by molar-refractivity contribution is -0.167. The zero-order valence-corrected chi connectivity index (χ0v) is 50.3. The van der Waals surface area contributed by atoms with Crippen LogP contribution in [0.15, 0.2) is 48.6 Å². The first-order valence-electron chi connectivity index (χ1n) is 33.1. The van der Waals surface area contributed by atoms with Gasteiger partial charge in [0.05, 0.1) is 0 Å². The summed E-state index contributed by atoms with van der Waals surface area (Å²) < 4.78 is 16.9. The molecule has 0 rings (SSSR count). The molecule has 0 N–H and O–H groups in total. The summed E-state index contributed by atoms with van der Waals surface area (Å²) in [7, 11) is 0. The molecule has 0 aliphatic carbocycles. The van der Waals surface area contributed by atoms with Gasteiger partial charge in [0.2, 0.25) is 0 Å². The quantitative estimate of drug-likeness (QED) is 0.0261. The van der Waals surface area contributed by atoms with E-state index in [1.54, 1.807) is 0 Å². The molecule has 0 aromatic rings. The summed E-state index contributed by atoms with van der Waals surface area (Å²) in [5, 5.41) is 0. The van der Waals surface area contributed by atoms with Crippen molar-refractivity contribution < 1.29 is 28.6 Å². The van der Waals surface area contributed by atoms with Gasteiger partial charge in [0.1, 0.15) is 13.2 Å². The van der Waals surface area contributed by atoms with Crippen molar-refractivity contribution in [2.45, 2.75) is 361 Å². The van der Waals surface area contributed by atoms with Gasteiger partial charge in [-0.05, 0) is 103 Å². The number of carbonyl (C=O) groups is 3. The van der Waals surface area contributed by atoms with Gasteiger partial charge in [-0.15, -0.1) is 0 Å². The highest BCUT2D eigenvalue weighted by molar-refractivity contribution is 5.71. The highest BCUT2D eigenvalue weighted by Crippen LogP contribution is 2.17. The first-order valence-corrected chi connectivity index (χ1v) is 33.1. The highest BCUT2D eigenvalue weighted by Gasteiger charge is 2.19. The van der Waals surface area contributed by atoms with Crippen molar-refractivity contribution in [3.63, 3.8) is 0 Å². The molecule has 0 fully saturated rings. The van der Waals surface area contributed by atoms with Crippen LogP contribution >= 0.6 is 0 Å². The van der Waals surface area contributed by atoms with Crippen LogP contribution in [0.1, 0.15) is 355 Å². The van der Waals surface area contributed by atoms with Gasteiger partial charge in [0.15, 0.2) is 6.10 Å². The minimum Gasteiger partial charge on any atom is -0.462 e. The Morgan fingerprint density at radius 2 is 0.480 bits per heavy atom. The van der Waals surface area contributed by atoms with E-state index in [1.807, 2.05) is 0 Å². The number of hydrogen-bond donors (Lipinski definition) is 0. The van der Waals surface area contributed by atoms with Crippen LogP contribution in [0.5, 0.6) is 0 Å². The molecule has 1 unspecified atom stereocenters. The van der Waals surface area contributed by atoms with Crippen LogP contribution in [0.4, 0.5) is 0 Å². The number of rotatable bonds is 61. The Labute approximate surface area is 467 Å². The van der Waals surface area contributed by atoms with E-state index in [0.717, 1.165) is 77.0 Å². The lowest BCUT2D eigenvalue weighted by atomic mass is 10.0. The van der Waals surface area contributed by atoms with Gasteiger partial charge in [-0.2, -0.15) is 0 Å². The van der Waals surface area contributed by atoms with E-state index in [9.17, 15) is 14.4 Å². The molecule has 0 saturated carbocycles. The molecule has 0 bridgehead atoms. The molecule has 6 heteroatoms. The molecule has 438 valence electrons. The SMILES string of the molecule is CCCCC/C=C\C/C=C\CCCCCCCC(=O)OCC(COC(=O)CCCCCCCCCCCCC/C=C\CCCCCCCCCC)OC(=O)CCCCCCCCCCC/C=C\CCCCCCCC. The Kier molecular flexibility index (Phi) is 61.7. The largest absolute Gasteiger partial charge is 0.462 e. The van der Waals surface area contributed by atoms with Gasteiger partial charge in [-0.3, -0.25) is 14.4 Å². The average molecular weight is 1050 g/mol. The van der Waals surface area contributed by atoms with Gasteiger partial charge in [-0.1, -0.05) is 281 Å². The summed E-state index contributed by atoms with van der Waals surface area (Å²) in [6, 6.07) is 0. The fraction of sp³-hybridized carbons (Fsp3) is 0.841. The molecule has 0 aliphatic rings. The highest BCUT2D eigenvalue weighted by atomic mass is 16.6. The lowest BCUT2D eigenvalue weighted by Gasteiger charge is -2.18. The van der Waals surface area contributed by atoms with Crippen molar-refractivity contribution in [3.8, 4) is 0 Å². The Bertz CT molecular complexity index is 1300. The number of unbranched alkanes of at least 4 members (excludes halogenated alkanes) is 42. The van der Waals surface area contributed by atoms with Crippen LogP contribution in [-0.2, 0) is 28.6 Å². The van der Waals surface area contributed by atoms with E-state index in [0.29, 0.717) is 19.3 Å². The lowest BCUT2D eigenvalue weighted by Crippen LogP contribution is -2.30.